The van der Waals surface area contributed by atoms with Gasteiger partial charge >= 0.3 is 0 Å². The topological polar surface area (TPSA) is 60.4 Å². The fourth-order valence-electron chi connectivity index (χ4n) is 4.73. The molecule has 1 saturated heterocycles. The van der Waals surface area contributed by atoms with Crippen molar-refractivity contribution < 1.29 is 24.1 Å². The van der Waals surface area contributed by atoms with E-state index in [2.05, 4.69) is 58.6 Å². The highest BCUT2D eigenvalue weighted by Gasteiger charge is 2.33. The predicted octanol–water partition coefficient (Wildman–Crippen LogP) is 5.15. The molecule has 2 aliphatic rings. The smallest absolute Gasteiger partial charge is 0.231 e. The van der Waals surface area contributed by atoms with E-state index in [-0.39, 0.29) is 29.4 Å². The van der Waals surface area contributed by atoms with Gasteiger partial charge in [0.25, 0.3) is 0 Å². The Bertz CT molecular complexity index is 977. The summed E-state index contributed by atoms with van der Waals surface area (Å²) in [5, 5.41) is 11.1. The van der Waals surface area contributed by atoms with Crippen LogP contribution in [0, 0.1) is 0 Å². The molecule has 0 aliphatic carbocycles. The number of benzene rings is 2. The van der Waals surface area contributed by atoms with E-state index in [4.69, 9.17) is 18.9 Å². The molecule has 0 spiro atoms. The van der Waals surface area contributed by atoms with Gasteiger partial charge in [0.15, 0.2) is 11.5 Å². The molecule has 0 bridgehead atoms. The van der Waals surface area contributed by atoms with Crippen molar-refractivity contribution in [3.8, 4) is 23.0 Å². The average molecular weight is 456 g/mol. The number of nitrogens with zero attached hydrogens (tertiary/aromatic N) is 1. The summed E-state index contributed by atoms with van der Waals surface area (Å²) in [4.78, 5) is 2.38. The Kier molecular flexibility index (Phi) is 6.27. The zero-order valence-corrected chi connectivity index (χ0v) is 20.9. The summed E-state index contributed by atoms with van der Waals surface area (Å²) in [7, 11) is 1.75. The molecule has 2 aromatic rings. The quantitative estimate of drug-likeness (QED) is 0.688. The Morgan fingerprint density at radius 3 is 1.94 bits per heavy atom. The second-order valence-electron chi connectivity index (χ2n) is 11.0. The standard InChI is InChI=1S/C27H37NO5/c1-26(2,3)19-12-17(13-20(25(19)30-7)27(4,5)6)24(28-8-10-31-11-9-28)18-14-22-23(15-21(18)29)33-16-32-22/h12-15,24,29H,8-11,16H2,1-7H3. The first-order valence-corrected chi connectivity index (χ1v) is 11.7. The van der Waals surface area contributed by atoms with Gasteiger partial charge < -0.3 is 24.1 Å². The normalized spacial score (nSPS) is 17.8. The number of fused-ring (bicyclic) bond motifs is 1. The molecule has 6 heteroatoms. The van der Waals surface area contributed by atoms with E-state index in [1.54, 1.807) is 13.2 Å². The summed E-state index contributed by atoms with van der Waals surface area (Å²) in [5.74, 6) is 2.40. The summed E-state index contributed by atoms with van der Waals surface area (Å²) in [6.07, 6.45) is 0. The SMILES string of the molecule is COc1c(C(C)(C)C)cc(C(c2cc3c(cc2O)OCO3)N2CCOCC2)cc1C(C)(C)C. The fourth-order valence-corrected chi connectivity index (χ4v) is 4.73. The summed E-state index contributed by atoms with van der Waals surface area (Å²) in [6.45, 7) is 16.3. The van der Waals surface area contributed by atoms with E-state index < -0.39 is 0 Å². The van der Waals surface area contributed by atoms with Crippen molar-refractivity contribution in [2.75, 3.05) is 40.2 Å². The molecule has 0 radical (unpaired) electrons. The minimum absolute atomic E-state index is 0.117. The van der Waals surface area contributed by atoms with Gasteiger partial charge in [-0.05, 0) is 34.6 Å². The number of rotatable bonds is 4. The molecule has 1 unspecified atom stereocenters. The Hall–Kier alpha value is -2.44. The molecule has 0 amide bonds. The minimum Gasteiger partial charge on any atom is -0.507 e. The third kappa shape index (κ3) is 4.64. The number of hydrogen-bond acceptors (Lipinski definition) is 6. The highest BCUT2D eigenvalue weighted by molar-refractivity contribution is 5.57. The molecule has 0 aromatic heterocycles. The van der Waals surface area contributed by atoms with Crippen LogP contribution in [0.2, 0.25) is 0 Å². The third-order valence-corrected chi connectivity index (χ3v) is 6.47. The number of phenolic OH excluding ortho intramolecular Hbond substituents is 1. The van der Waals surface area contributed by atoms with Crippen LogP contribution >= 0.6 is 0 Å². The highest BCUT2D eigenvalue weighted by atomic mass is 16.7. The zero-order chi connectivity index (χ0) is 24.0. The maximum Gasteiger partial charge on any atom is 0.231 e. The summed E-state index contributed by atoms with van der Waals surface area (Å²) in [5.41, 5.74) is 4.02. The van der Waals surface area contributed by atoms with Crippen LogP contribution in [0.4, 0.5) is 0 Å². The molecule has 1 fully saturated rings. The first kappa shape index (κ1) is 23.7. The van der Waals surface area contributed by atoms with E-state index in [0.29, 0.717) is 24.7 Å². The van der Waals surface area contributed by atoms with Crippen molar-refractivity contribution >= 4 is 0 Å². The van der Waals surface area contributed by atoms with E-state index in [1.165, 1.54) is 0 Å². The van der Waals surface area contributed by atoms with Crippen LogP contribution in [0.5, 0.6) is 23.0 Å². The third-order valence-electron chi connectivity index (χ3n) is 6.47. The van der Waals surface area contributed by atoms with Crippen LogP contribution in [0.25, 0.3) is 0 Å². The molecular formula is C27H37NO5. The first-order valence-electron chi connectivity index (χ1n) is 11.7. The molecular weight excluding hydrogens is 418 g/mol. The second-order valence-corrected chi connectivity index (χ2v) is 11.0. The van der Waals surface area contributed by atoms with Crippen molar-refractivity contribution in [1.82, 2.24) is 4.90 Å². The number of ether oxygens (including phenoxy) is 4. The van der Waals surface area contributed by atoms with Crippen molar-refractivity contribution in [3.05, 3.63) is 46.5 Å². The summed E-state index contributed by atoms with van der Waals surface area (Å²) < 4.78 is 22.8. The monoisotopic (exact) mass is 455 g/mol. The average Bonchev–Trinajstić information content (AvgIpc) is 3.20. The van der Waals surface area contributed by atoms with Crippen LogP contribution in [-0.4, -0.2) is 50.2 Å². The zero-order valence-electron chi connectivity index (χ0n) is 20.9. The predicted molar refractivity (Wildman–Crippen MR) is 129 cm³/mol. The molecule has 2 aromatic carbocycles. The second kappa shape index (κ2) is 8.73. The van der Waals surface area contributed by atoms with Gasteiger partial charge in [-0.2, -0.15) is 0 Å². The largest absolute Gasteiger partial charge is 0.507 e. The maximum atomic E-state index is 11.1. The van der Waals surface area contributed by atoms with Crippen molar-refractivity contribution in [2.45, 2.75) is 58.4 Å². The molecule has 4 rings (SSSR count). The molecule has 1 atom stereocenters. The van der Waals surface area contributed by atoms with Crippen molar-refractivity contribution in [2.24, 2.45) is 0 Å². The molecule has 2 heterocycles. The van der Waals surface area contributed by atoms with Gasteiger partial charge in [0.2, 0.25) is 6.79 Å². The number of morpholine rings is 1. The van der Waals surface area contributed by atoms with Gasteiger partial charge in [0.05, 0.1) is 26.4 Å². The minimum atomic E-state index is -0.156. The Morgan fingerprint density at radius 2 is 1.42 bits per heavy atom. The number of hydrogen-bond donors (Lipinski definition) is 1. The van der Waals surface area contributed by atoms with E-state index >= 15 is 0 Å². The lowest BCUT2D eigenvalue weighted by Gasteiger charge is -2.37. The lowest BCUT2D eigenvalue weighted by Crippen LogP contribution is -2.39. The summed E-state index contributed by atoms with van der Waals surface area (Å²) >= 11 is 0. The molecule has 0 saturated carbocycles. The van der Waals surface area contributed by atoms with Crippen molar-refractivity contribution in [1.29, 1.82) is 0 Å². The number of phenols is 1. The van der Waals surface area contributed by atoms with Gasteiger partial charge in [-0.15, -0.1) is 0 Å². The fraction of sp³-hybridized carbons (Fsp3) is 0.556. The lowest BCUT2D eigenvalue weighted by molar-refractivity contribution is 0.0235. The van der Waals surface area contributed by atoms with Gasteiger partial charge in [-0.1, -0.05) is 41.5 Å². The van der Waals surface area contributed by atoms with Gasteiger partial charge in [-0.25, -0.2) is 0 Å². The maximum absolute atomic E-state index is 11.1. The molecule has 33 heavy (non-hydrogen) atoms. The Labute approximate surface area is 197 Å². The van der Waals surface area contributed by atoms with E-state index in [1.807, 2.05) is 6.07 Å². The van der Waals surface area contributed by atoms with Crippen LogP contribution in [0.3, 0.4) is 0 Å². The summed E-state index contributed by atoms with van der Waals surface area (Å²) in [6, 6.07) is 7.94. The Balaban J connectivity index is 1.96. The molecule has 2 aliphatic heterocycles. The molecule has 180 valence electrons. The van der Waals surface area contributed by atoms with Crippen LogP contribution in [0.1, 0.15) is 69.8 Å². The van der Waals surface area contributed by atoms with Gasteiger partial charge in [0.1, 0.15) is 11.5 Å². The van der Waals surface area contributed by atoms with Crippen LogP contribution < -0.4 is 14.2 Å². The number of aromatic hydroxyl groups is 1. The lowest BCUT2D eigenvalue weighted by atomic mass is 9.77. The van der Waals surface area contributed by atoms with E-state index in [0.717, 1.165) is 41.1 Å². The van der Waals surface area contributed by atoms with E-state index in [9.17, 15) is 5.11 Å². The first-order chi connectivity index (χ1) is 15.5. The van der Waals surface area contributed by atoms with Crippen LogP contribution in [-0.2, 0) is 15.6 Å². The Morgan fingerprint density at radius 1 is 0.879 bits per heavy atom. The highest BCUT2D eigenvalue weighted by Crippen LogP contribution is 2.47. The molecule has 6 nitrogen and oxygen atoms in total. The van der Waals surface area contributed by atoms with Crippen LogP contribution in [0.15, 0.2) is 24.3 Å². The molecule has 1 N–H and O–H groups in total. The van der Waals surface area contributed by atoms with Crippen molar-refractivity contribution in [3.63, 3.8) is 0 Å². The van der Waals surface area contributed by atoms with Gasteiger partial charge in [0, 0.05) is 35.8 Å². The number of methoxy groups -OCH3 is 1. The van der Waals surface area contributed by atoms with Gasteiger partial charge in [-0.3, -0.25) is 4.90 Å².